The lowest BCUT2D eigenvalue weighted by atomic mass is 10.0. The van der Waals surface area contributed by atoms with Crippen molar-refractivity contribution >= 4 is 0 Å². The first-order chi connectivity index (χ1) is 8.29. The minimum atomic E-state index is 0.361. The van der Waals surface area contributed by atoms with Crippen molar-refractivity contribution in [1.82, 2.24) is 14.8 Å². The molecular formula is C13H22N4. The summed E-state index contributed by atoms with van der Waals surface area (Å²) in [5.74, 6) is 0.361. The van der Waals surface area contributed by atoms with Gasteiger partial charge in [0.05, 0.1) is 0 Å². The van der Waals surface area contributed by atoms with Crippen LogP contribution in [-0.2, 0) is 0 Å². The summed E-state index contributed by atoms with van der Waals surface area (Å²) >= 11 is 0. The van der Waals surface area contributed by atoms with E-state index < -0.39 is 0 Å². The summed E-state index contributed by atoms with van der Waals surface area (Å²) in [5, 5.41) is 0. The number of likely N-dealkylation sites (N-methyl/N-ethyl adjacent to an activating group) is 1. The predicted octanol–water partition coefficient (Wildman–Crippen LogP) is 0.371. The monoisotopic (exact) mass is 234 g/mol. The van der Waals surface area contributed by atoms with Gasteiger partial charge in [-0.15, -0.1) is 0 Å². The van der Waals surface area contributed by atoms with E-state index >= 15 is 0 Å². The van der Waals surface area contributed by atoms with Crippen LogP contribution in [0.3, 0.4) is 0 Å². The Balaban J connectivity index is 1.92. The van der Waals surface area contributed by atoms with Crippen molar-refractivity contribution in [2.24, 2.45) is 5.73 Å². The van der Waals surface area contributed by atoms with Gasteiger partial charge in [0.2, 0.25) is 0 Å². The Bertz CT molecular complexity index is 319. The van der Waals surface area contributed by atoms with Gasteiger partial charge in [0.15, 0.2) is 0 Å². The summed E-state index contributed by atoms with van der Waals surface area (Å²) in [5.41, 5.74) is 6.99. The van der Waals surface area contributed by atoms with Crippen molar-refractivity contribution in [3.05, 3.63) is 30.1 Å². The highest BCUT2D eigenvalue weighted by Crippen LogP contribution is 2.14. The number of piperazine rings is 1. The Morgan fingerprint density at radius 3 is 2.65 bits per heavy atom. The van der Waals surface area contributed by atoms with Gasteiger partial charge < -0.3 is 15.5 Å². The third-order valence-corrected chi connectivity index (χ3v) is 3.47. The van der Waals surface area contributed by atoms with Crippen LogP contribution in [0.25, 0.3) is 0 Å². The molecular weight excluding hydrogens is 212 g/mol. The lowest BCUT2D eigenvalue weighted by Crippen LogP contribution is -2.46. The van der Waals surface area contributed by atoms with Gasteiger partial charge in [-0.1, -0.05) is 6.07 Å². The number of nitrogens with zero attached hydrogens (tertiary/aromatic N) is 3. The van der Waals surface area contributed by atoms with Crippen LogP contribution in [0.15, 0.2) is 24.4 Å². The van der Waals surface area contributed by atoms with Crippen LogP contribution in [0.4, 0.5) is 0 Å². The van der Waals surface area contributed by atoms with Crippen LogP contribution in [0.1, 0.15) is 11.6 Å². The lowest BCUT2D eigenvalue weighted by Gasteiger charge is -2.34. The summed E-state index contributed by atoms with van der Waals surface area (Å²) in [6.07, 6.45) is 1.85. The van der Waals surface area contributed by atoms with Crippen LogP contribution in [0.5, 0.6) is 0 Å². The van der Waals surface area contributed by atoms with Crippen molar-refractivity contribution < 1.29 is 0 Å². The SMILES string of the molecule is CN1CCN(CC(CN)c2ccccn2)CC1. The molecule has 0 bridgehead atoms. The lowest BCUT2D eigenvalue weighted by molar-refractivity contribution is 0.147. The number of hydrogen-bond acceptors (Lipinski definition) is 4. The molecule has 94 valence electrons. The highest BCUT2D eigenvalue weighted by molar-refractivity contribution is 5.10. The molecule has 2 N–H and O–H groups in total. The van der Waals surface area contributed by atoms with Gasteiger partial charge in [0.1, 0.15) is 0 Å². The highest BCUT2D eigenvalue weighted by Gasteiger charge is 2.19. The average molecular weight is 234 g/mol. The molecule has 0 saturated carbocycles. The zero-order chi connectivity index (χ0) is 12.1. The Labute approximate surface area is 103 Å². The van der Waals surface area contributed by atoms with Gasteiger partial charge in [-0.25, -0.2) is 0 Å². The molecule has 1 saturated heterocycles. The number of rotatable bonds is 4. The van der Waals surface area contributed by atoms with E-state index in [1.54, 1.807) is 0 Å². The minimum absolute atomic E-state index is 0.361. The second-order valence-corrected chi connectivity index (χ2v) is 4.79. The first-order valence-electron chi connectivity index (χ1n) is 6.31. The van der Waals surface area contributed by atoms with Crippen molar-refractivity contribution in [2.45, 2.75) is 5.92 Å². The zero-order valence-electron chi connectivity index (χ0n) is 10.5. The maximum Gasteiger partial charge on any atom is 0.0459 e. The van der Waals surface area contributed by atoms with Crippen LogP contribution >= 0.6 is 0 Å². The Morgan fingerprint density at radius 2 is 2.06 bits per heavy atom. The van der Waals surface area contributed by atoms with E-state index in [1.807, 2.05) is 18.3 Å². The molecule has 0 amide bonds. The van der Waals surface area contributed by atoms with E-state index in [9.17, 15) is 0 Å². The first-order valence-corrected chi connectivity index (χ1v) is 6.31. The molecule has 0 aliphatic carbocycles. The molecule has 1 aromatic rings. The molecule has 4 heteroatoms. The number of aromatic nitrogens is 1. The van der Waals surface area contributed by atoms with Gasteiger partial charge in [-0.05, 0) is 19.2 Å². The highest BCUT2D eigenvalue weighted by atomic mass is 15.2. The predicted molar refractivity (Wildman–Crippen MR) is 70.0 cm³/mol. The summed E-state index contributed by atoms with van der Waals surface area (Å²) < 4.78 is 0. The Morgan fingerprint density at radius 1 is 1.29 bits per heavy atom. The van der Waals surface area contributed by atoms with E-state index in [0.717, 1.165) is 38.4 Å². The van der Waals surface area contributed by atoms with Crippen molar-refractivity contribution in [3.63, 3.8) is 0 Å². The fraction of sp³-hybridized carbons (Fsp3) is 0.615. The van der Waals surface area contributed by atoms with Gasteiger partial charge in [-0.2, -0.15) is 0 Å². The first kappa shape index (κ1) is 12.5. The van der Waals surface area contributed by atoms with E-state index in [1.165, 1.54) is 0 Å². The molecule has 1 aromatic heterocycles. The van der Waals surface area contributed by atoms with E-state index in [-0.39, 0.29) is 0 Å². The van der Waals surface area contributed by atoms with Crippen molar-refractivity contribution in [1.29, 1.82) is 0 Å². The normalized spacial score (nSPS) is 20.4. The molecule has 1 atom stereocenters. The Hall–Kier alpha value is -0.970. The zero-order valence-corrected chi connectivity index (χ0v) is 10.5. The van der Waals surface area contributed by atoms with Gasteiger partial charge in [0, 0.05) is 57.1 Å². The molecule has 1 fully saturated rings. The van der Waals surface area contributed by atoms with Crippen molar-refractivity contribution in [3.8, 4) is 0 Å². The second kappa shape index (κ2) is 6.10. The molecule has 1 aliphatic rings. The third kappa shape index (κ3) is 3.49. The summed E-state index contributed by atoms with van der Waals surface area (Å²) in [7, 11) is 2.18. The molecule has 0 radical (unpaired) electrons. The van der Waals surface area contributed by atoms with Crippen LogP contribution in [-0.4, -0.2) is 61.1 Å². The standard InChI is InChI=1S/C13H22N4/c1-16-6-8-17(9-7-16)11-12(10-14)13-4-2-3-5-15-13/h2-5,12H,6-11,14H2,1H3. The van der Waals surface area contributed by atoms with E-state index in [4.69, 9.17) is 5.73 Å². The number of nitrogens with two attached hydrogens (primary N) is 1. The van der Waals surface area contributed by atoms with Crippen LogP contribution in [0, 0.1) is 0 Å². The van der Waals surface area contributed by atoms with Gasteiger partial charge in [-0.3, -0.25) is 4.98 Å². The van der Waals surface area contributed by atoms with E-state index in [0.29, 0.717) is 12.5 Å². The second-order valence-electron chi connectivity index (χ2n) is 4.79. The maximum absolute atomic E-state index is 5.87. The summed E-state index contributed by atoms with van der Waals surface area (Å²) in [6, 6.07) is 6.06. The van der Waals surface area contributed by atoms with E-state index in [2.05, 4.69) is 27.9 Å². The fourth-order valence-electron chi connectivity index (χ4n) is 2.25. The molecule has 1 unspecified atom stereocenters. The summed E-state index contributed by atoms with van der Waals surface area (Å²) in [6.45, 7) is 6.28. The molecule has 4 nitrogen and oxygen atoms in total. The molecule has 0 aromatic carbocycles. The third-order valence-electron chi connectivity index (χ3n) is 3.47. The number of hydrogen-bond donors (Lipinski definition) is 1. The molecule has 0 spiro atoms. The van der Waals surface area contributed by atoms with Gasteiger partial charge >= 0.3 is 0 Å². The molecule has 1 aliphatic heterocycles. The molecule has 17 heavy (non-hydrogen) atoms. The molecule has 2 rings (SSSR count). The topological polar surface area (TPSA) is 45.4 Å². The van der Waals surface area contributed by atoms with Gasteiger partial charge in [0.25, 0.3) is 0 Å². The Kier molecular flexibility index (Phi) is 4.48. The minimum Gasteiger partial charge on any atom is -0.330 e. The average Bonchev–Trinajstić information content (AvgIpc) is 2.39. The van der Waals surface area contributed by atoms with Crippen LogP contribution in [0.2, 0.25) is 0 Å². The number of pyridine rings is 1. The quantitative estimate of drug-likeness (QED) is 0.817. The smallest absolute Gasteiger partial charge is 0.0459 e. The van der Waals surface area contributed by atoms with Crippen molar-refractivity contribution in [2.75, 3.05) is 46.3 Å². The molecule has 2 heterocycles. The van der Waals surface area contributed by atoms with Crippen LogP contribution < -0.4 is 5.73 Å². The summed E-state index contributed by atoms with van der Waals surface area (Å²) in [4.78, 5) is 9.28. The fourth-order valence-corrected chi connectivity index (χ4v) is 2.25. The largest absolute Gasteiger partial charge is 0.330 e. The maximum atomic E-state index is 5.87.